The van der Waals surface area contributed by atoms with E-state index in [1.807, 2.05) is 0 Å². The van der Waals surface area contributed by atoms with Crippen molar-refractivity contribution in [2.75, 3.05) is 12.8 Å². The van der Waals surface area contributed by atoms with Crippen molar-refractivity contribution in [1.82, 2.24) is 9.62 Å². The summed E-state index contributed by atoms with van der Waals surface area (Å²) in [5, 5.41) is 2.16. The molecule has 0 saturated carbocycles. The largest absolute Gasteiger partial charge is 0.333 e. The number of imide groups is 1. The first-order chi connectivity index (χ1) is 4.20. The zero-order valence-electron chi connectivity index (χ0n) is 4.88. The summed E-state index contributed by atoms with van der Waals surface area (Å²) in [6.07, 6.45) is 0. The highest BCUT2D eigenvalue weighted by atomic mass is 32.2. The smallest absolute Gasteiger partial charge is 0.276 e. The molecule has 0 radical (unpaired) electrons. The van der Waals surface area contributed by atoms with Crippen molar-refractivity contribution >= 4 is 23.9 Å². The molecule has 9 heavy (non-hydrogen) atoms. The van der Waals surface area contributed by atoms with Crippen molar-refractivity contribution in [2.24, 2.45) is 0 Å². The van der Waals surface area contributed by atoms with Gasteiger partial charge in [-0.2, -0.15) is 0 Å². The second-order valence-corrected chi connectivity index (χ2v) is 2.72. The van der Waals surface area contributed by atoms with E-state index in [1.54, 1.807) is 7.05 Å². The fourth-order valence-corrected chi connectivity index (χ4v) is 0.994. The van der Waals surface area contributed by atoms with Crippen LogP contribution in [0.3, 0.4) is 0 Å². The predicted octanol–water partition coefficient (Wildman–Crippen LogP) is -0.184. The maximum atomic E-state index is 10.6. The van der Waals surface area contributed by atoms with E-state index in [2.05, 4.69) is 5.32 Å². The quantitative estimate of drug-likeness (QED) is 0.482. The van der Waals surface area contributed by atoms with Gasteiger partial charge in [-0.15, -0.1) is 0 Å². The molecule has 1 saturated heterocycles. The number of amides is 3. The summed E-state index contributed by atoms with van der Waals surface area (Å²) >= 11 is 1.21. The molecule has 3 amide bonds. The standard InChI is InChI=1S/C4H6N2O2S/c1-6-4(8)5-3(7)2-9-6/h2H2,1H3,(H,5,7,8). The molecule has 1 heterocycles. The molecule has 1 aliphatic heterocycles. The van der Waals surface area contributed by atoms with Gasteiger partial charge in [-0.1, -0.05) is 0 Å². The van der Waals surface area contributed by atoms with E-state index in [0.717, 1.165) is 0 Å². The molecule has 1 aliphatic rings. The van der Waals surface area contributed by atoms with Crippen LogP contribution in [0.5, 0.6) is 0 Å². The third-order valence-corrected chi connectivity index (χ3v) is 1.87. The van der Waals surface area contributed by atoms with Crippen molar-refractivity contribution < 1.29 is 9.59 Å². The van der Waals surface area contributed by atoms with Gasteiger partial charge in [0.1, 0.15) is 0 Å². The van der Waals surface area contributed by atoms with Crippen molar-refractivity contribution in [1.29, 1.82) is 0 Å². The van der Waals surface area contributed by atoms with Crippen LogP contribution in [-0.4, -0.2) is 29.0 Å². The van der Waals surface area contributed by atoms with Gasteiger partial charge in [0.25, 0.3) is 0 Å². The average molecular weight is 146 g/mol. The topological polar surface area (TPSA) is 49.4 Å². The number of hydrogen-bond acceptors (Lipinski definition) is 3. The van der Waals surface area contributed by atoms with Crippen LogP contribution < -0.4 is 5.32 Å². The lowest BCUT2D eigenvalue weighted by Crippen LogP contribution is -2.43. The van der Waals surface area contributed by atoms with Gasteiger partial charge < -0.3 is 0 Å². The second kappa shape index (κ2) is 2.26. The summed E-state index contributed by atoms with van der Waals surface area (Å²) in [6, 6.07) is -0.337. The number of nitrogens with zero attached hydrogens (tertiary/aromatic N) is 1. The van der Waals surface area contributed by atoms with Gasteiger partial charge in [0.2, 0.25) is 5.91 Å². The van der Waals surface area contributed by atoms with Gasteiger partial charge in [0, 0.05) is 7.05 Å². The minimum atomic E-state index is -0.337. The van der Waals surface area contributed by atoms with Crippen LogP contribution in [0.2, 0.25) is 0 Å². The molecular formula is C4H6N2O2S. The highest BCUT2D eigenvalue weighted by Gasteiger charge is 2.19. The van der Waals surface area contributed by atoms with Crippen LogP contribution in [0.1, 0.15) is 0 Å². The minimum absolute atomic E-state index is 0.219. The van der Waals surface area contributed by atoms with Crippen LogP contribution >= 0.6 is 11.9 Å². The number of rotatable bonds is 0. The second-order valence-electron chi connectivity index (χ2n) is 1.62. The van der Waals surface area contributed by atoms with E-state index >= 15 is 0 Å². The molecule has 5 heteroatoms. The van der Waals surface area contributed by atoms with E-state index in [-0.39, 0.29) is 11.9 Å². The molecule has 0 bridgehead atoms. The summed E-state index contributed by atoms with van der Waals surface area (Å²) in [5.74, 6) is 0.116. The maximum absolute atomic E-state index is 10.6. The Morgan fingerprint density at radius 2 is 2.33 bits per heavy atom. The zero-order valence-corrected chi connectivity index (χ0v) is 5.70. The first-order valence-corrected chi connectivity index (χ1v) is 3.35. The van der Waals surface area contributed by atoms with E-state index in [4.69, 9.17) is 0 Å². The molecule has 1 fully saturated rings. The third-order valence-electron chi connectivity index (χ3n) is 0.922. The number of hydrogen-bond donors (Lipinski definition) is 1. The van der Waals surface area contributed by atoms with Gasteiger partial charge >= 0.3 is 6.03 Å². The van der Waals surface area contributed by atoms with Crippen molar-refractivity contribution in [3.05, 3.63) is 0 Å². The number of carbonyl (C=O) groups is 2. The zero-order chi connectivity index (χ0) is 6.85. The van der Waals surface area contributed by atoms with Crippen molar-refractivity contribution in [2.45, 2.75) is 0 Å². The first-order valence-electron chi connectivity index (χ1n) is 2.40. The van der Waals surface area contributed by atoms with Crippen molar-refractivity contribution in [3.63, 3.8) is 0 Å². The molecule has 0 aliphatic carbocycles. The van der Waals surface area contributed by atoms with E-state index in [9.17, 15) is 9.59 Å². The Balaban J connectivity index is 2.54. The Kier molecular flexibility index (Phi) is 1.61. The lowest BCUT2D eigenvalue weighted by atomic mass is 10.7. The molecule has 50 valence electrons. The monoisotopic (exact) mass is 146 g/mol. The number of nitrogens with one attached hydrogen (secondary N) is 1. The minimum Gasteiger partial charge on any atom is -0.276 e. The molecule has 1 rings (SSSR count). The van der Waals surface area contributed by atoms with Gasteiger partial charge in [-0.3, -0.25) is 14.4 Å². The van der Waals surface area contributed by atoms with Crippen LogP contribution in [0.15, 0.2) is 0 Å². The highest BCUT2D eigenvalue weighted by Crippen LogP contribution is 2.09. The number of carbonyl (C=O) groups excluding carboxylic acids is 2. The summed E-state index contributed by atoms with van der Waals surface area (Å²) in [5.41, 5.74) is 0. The Hall–Kier alpha value is -0.710. The third kappa shape index (κ3) is 1.35. The first kappa shape index (κ1) is 6.41. The lowest BCUT2D eigenvalue weighted by Gasteiger charge is -2.19. The van der Waals surface area contributed by atoms with Gasteiger partial charge in [0.05, 0.1) is 5.75 Å². The van der Waals surface area contributed by atoms with E-state index < -0.39 is 0 Å². The number of urea groups is 1. The Labute approximate surface area is 56.7 Å². The highest BCUT2D eigenvalue weighted by molar-refractivity contribution is 7.98. The molecule has 0 spiro atoms. The molecule has 0 unspecified atom stereocenters. The average Bonchev–Trinajstić information content (AvgIpc) is 1.80. The molecule has 4 nitrogen and oxygen atoms in total. The van der Waals surface area contributed by atoms with E-state index in [0.29, 0.717) is 5.75 Å². The molecule has 0 atom stereocenters. The molecule has 0 aromatic carbocycles. The predicted molar refractivity (Wildman–Crippen MR) is 33.8 cm³/mol. The van der Waals surface area contributed by atoms with E-state index in [1.165, 1.54) is 16.3 Å². The SMILES string of the molecule is CN1SCC(=O)NC1=O. The van der Waals surface area contributed by atoms with Gasteiger partial charge in [-0.25, -0.2) is 4.79 Å². The molecular weight excluding hydrogens is 140 g/mol. The van der Waals surface area contributed by atoms with Gasteiger partial charge in [0.15, 0.2) is 0 Å². The summed E-state index contributed by atoms with van der Waals surface area (Å²) < 4.78 is 1.39. The molecule has 0 aromatic rings. The lowest BCUT2D eigenvalue weighted by molar-refractivity contribution is -0.117. The van der Waals surface area contributed by atoms with Crippen LogP contribution in [0.25, 0.3) is 0 Å². The Morgan fingerprint density at radius 3 is 2.78 bits per heavy atom. The Morgan fingerprint density at radius 1 is 1.67 bits per heavy atom. The summed E-state index contributed by atoms with van der Waals surface area (Å²) in [7, 11) is 1.62. The summed E-state index contributed by atoms with van der Waals surface area (Å²) in [4.78, 5) is 21.0. The molecule has 0 aromatic heterocycles. The Bertz CT molecular complexity index is 159. The normalized spacial score (nSPS) is 19.9. The maximum Gasteiger partial charge on any atom is 0.333 e. The summed E-state index contributed by atoms with van der Waals surface area (Å²) in [6.45, 7) is 0. The molecule has 1 N–H and O–H groups in total. The fourth-order valence-electron chi connectivity index (χ4n) is 0.448. The van der Waals surface area contributed by atoms with Crippen LogP contribution in [-0.2, 0) is 4.79 Å². The van der Waals surface area contributed by atoms with Crippen molar-refractivity contribution in [3.8, 4) is 0 Å². The van der Waals surface area contributed by atoms with Crippen LogP contribution in [0.4, 0.5) is 4.79 Å². The van der Waals surface area contributed by atoms with Gasteiger partial charge in [-0.05, 0) is 11.9 Å². The fraction of sp³-hybridized carbons (Fsp3) is 0.500. The van der Waals surface area contributed by atoms with Crippen LogP contribution in [0, 0.1) is 0 Å².